The van der Waals surface area contributed by atoms with Gasteiger partial charge in [-0.3, -0.25) is 10.1 Å². The molecule has 8 nitrogen and oxygen atoms in total. The fraction of sp³-hybridized carbons (Fsp3) is 0.400. The molecule has 0 bridgehead atoms. The SMILES string of the molecule is CC(C)c1c(N)nnn1Cc1ccc([N+](=O)[O-])o1. The highest BCUT2D eigenvalue weighted by Crippen LogP contribution is 2.22. The molecule has 96 valence electrons. The maximum atomic E-state index is 10.5. The van der Waals surface area contributed by atoms with Crippen molar-refractivity contribution in [3.63, 3.8) is 0 Å². The molecular weight excluding hydrogens is 238 g/mol. The van der Waals surface area contributed by atoms with Crippen LogP contribution in [0.15, 0.2) is 16.5 Å². The van der Waals surface area contributed by atoms with E-state index in [1.54, 1.807) is 10.7 Å². The van der Waals surface area contributed by atoms with Crippen LogP contribution in [0.5, 0.6) is 0 Å². The van der Waals surface area contributed by atoms with Gasteiger partial charge in [0.2, 0.25) is 0 Å². The monoisotopic (exact) mass is 251 g/mol. The van der Waals surface area contributed by atoms with E-state index in [1.807, 2.05) is 13.8 Å². The lowest BCUT2D eigenvalue weighted by molar-refractivity contribution is -0.402. The zero-order valence-electron chi connectivity index (χ0n) is 10.0. The Morgan fingerprint density at radius 2 is 2.28 bits per heavy atom. The van der Waals surface area contributed by atoms with Gasteiger partial charge in [0.05, 0.1) is 11.8 Å². The molecule has 0 aliphatic carbocycles. The van der Waals surface area contributed by atoms with Crippen molar-refractivity contribution in [3.05, 3.63) is 33.7 Å². The van der Waals surface area contributed by atoms with Crippen molar-refractivity contribution in [3.8, 4) is 0 Å². The van der Waals surface area contributed by atoms with Gasteiger partial charge < -0.3 is 10.2 Å². The number of aromatic nitrogens is 3. The molecule has 0 aliphatic rings. The lowest BCUT2D eigenvalue weighted by atomic mass is 10.1. The second kappa shape index (κ2) is 4.47. The molecule has 0 spiro atoms. The van der Waals surface area contributed by atoms with Crippen molar-refractivity contribution in [2.45, 2.75) is 26.3 Å². The van der Waals surface area contributed by atoms with Crippen molar-refractivity contribution in [1.29, 1.82) is 0 Å². The summed E-state index contributed by atoms with van der Waals surface area (Å²) < 4.78 is 6.65. The molecule has 0 unspecified atom stereocenters. The fourth-order valence-corrected chi connectivity index (χ4v) is 1.74. The lowest BCUT2D eigenvalue weighted by Gasteiger charge is -2.07. The Hall–Kier alpha value is -2.38. The van der Waals surface area contributed by atoms with Gasteiger partial charge in [-0.2, -0.15) is 0 Å². The number of hydrogen-bond acceptors (Lipinski definition) is 6. The molecule has 8 heteroatoms. The Bertz CT molecular complexity index is 572. The summed E-state index contributed by atoms with van der Waals surface area (Å²) in [7, 11) is 0. The highest BCUT2D eigenvalue weighted by Gasteiger charge is 2.17. The Labute approximate surface area is 103 Å². The third-order valence-electron chi connectivity index (χ3n) is 2.48. The normalized spacial score (nSPS) is 11.1. The van der Waals surface area contributed by atoms with E-state index in [0.29, 0.717) is 11.6 Å². The van der Waals surface area contributed by atoms with Crippen molar-refractivity contribution in [1.82, 2.24) is 15.0 Å². The van der Waals surface area contributed by atoms with Gasteiger partial charge in [0, 0.05) is 0 Å². The first-order valence-electron chi connectivity index (χ1n) is 5.41. The molecule has 2 rings (SSSR count). The number of hydrogen-bond donors (Lipinski definition) is 1. The summed E-state index contributed by atoms with van der Waals surface area (Å²) in [6, 6.07) is 2.85. The van der Waals surface area contributed by atoms with E-state index in [1.165, 1.54) is 6.07 Å². The van der Waals surface area contributed by atoms with Crippen LogP contribution in [0, 0.1) is 10.1 Å². The molecule has 2 aromatic rings. The van der Waals surface area contributed by atoms with E-state index in [9.17, 15) is 10.1 Å². The van der Waals surface area contributed by atoms with Crippen LogP contribution in [0.2, 0.25) is 0 Å². The molecule has 0 saturated carbocycles. The molecule has 0 aromatic carbocycles. The third-order valence-corrected chi connectivity index (χ3v) is 2.48. The number of rotatable bonds is 4. The van der Waals surface area contributed by atoms with Gasteiger partial charge in [-0.1, -0.05) is 19.1 Å². The molecule has 18 heavy (non-hydrogen) atoms. The predicted octanol–water partition coefficient (Wildman–Crippen LogP) is 1.53. The van der Waals surface area contributed by atoms with E-state index in [-0.39, 0.29) is 18.3 Å². The molecular formula is C10H13N5O3. The molecule has 0 fully saturated rings. The molecule has 2 N–H and O–H groups in total. The number of nitrogens with zero attached hydrogens (tertiary/aromatic N) is 4. The first-order valence-corrected chi connectivity index (χ1v) is 5.41. The third kappa shape index (κ3) is 2.17. The molecule has 0 atom stereocenters. The summed E-state index contributed by atoms with van der Waals surface area (Å²) in [5.74, 6) is 0.675. The number of nitrogen functional groups attached to an aromatic ring is 1. The van der Waals surface area contributed by atoms with Crippen molar-refractivity contribution in [2.24, 2.45) is 0 Å². The topological polar surface area (TPSA) is 113 Å². The largest absolute Gasteiger partial charge is 0.433 e. The van der Waals surface area contributed by atoms with Crippen molar-refractivity contribution in [2.75, 3.05) is 5.73 Å². The van der Waals surface area contributed by atoms with Crippen LogP contribution in [-0.2, 0) is 6.54 Å². The van der Waals surface area contributed by atoms with Gasteiger partial charge in [0.25, 0.3) is 0 Å². The van der Waals surface area contributed by atoms with Gasteiger partial charge >= 0.3 is 5.88 Å². The number of nitro groups is 1. The van der Waals surface area contributed by atoms with Crippen LogP contribution >= 0.6 is 0 Å². The summed E-state index contributed by atoms with van der Waals surface area (Å²) in [6.45, 7) is 4.21. The van der Waals surface area contributed by atoms with Crippen molar-refractivity contribution < 1.29 is 9.34 Å². The van der Waals surface area contributed by atoms with Crippen LogP contribution in [0.3, 0.4) is 0 Å². The van der Waals surface area contributed by atoms with Crippen molar-refractivity contribution >= 4 is 11.7 Å². The molecule has 2 heterocycles. The average molecular weight is 251 g/mol. The van der Waals surface area contributed by atoms with Gasteiger partial charge in [0.1, 0.15) is 17.2 Å². The number of furan rings is 1. The van der Waals surface area contributed by atoms with Gasteiger partial charge in [-0.25, -0.2) is 4.68 Å². The van der Waals surface area contributed by atoms with E-state index in [4.69, 9.17) is 10.2 Å². The van der Waals surface area contributed by atoms with Gasteiger partial charge in [-0.05, 0) is 12.0 Å². The minimum absolute atomic E-state index is 0.157. The maximum absolute atomic E-state index is 10.5. The molecule has 0 saturated heterocycles. The average Bonchev–Trinajstić information content (AvgIpc) is 2.86. The minimum Gasteiger partial charge on any atom is -0.404 e. The van der Waals surface area contributed by atoms with Gasteiger partial charge in [-0.15, -0.1) is 5.10 Å². The first kappa shape index (κ1) is 12.1. The van der Waals surface area contributed by atoms with Crippen LogP contribution in [-0.4, -0.2) is 19.9 Å². The van der Waals surface area contributed by atoms with Crippen LogP contribution in [0.4, 0.5) is 11.7 Å². The Morgan fingerprint density at radius 3 is 2.83 bits per heavy atom. The van der Waals surface area contributed by atoms with E-state index >= 15 is 0 Å². The summed E-state index contributed by atoms with van der Waals surface area (Å²) in [4.78, 5) is 9.92. The number of nitrogens with two attached hydrogens (primary N) is 1. The quantitative estimate of drug-likeness (QED) is 0.651. The van der Waals surface area contributed by atoms with Crippen LogP contribution < -0.4 is 5.73 Å². The summed E-state index contributed by atoms with van der Waals surface area (Å²) >= 11 is 0. The number of anilines is 1. The minimum atomic E-state index is -0.581. The van der Waals surface area contributed by atoms with E-state index in [2.05, 4.69) is 10.3 Å². The summed E-state index contributed by atoms with van der Waals surface area (Å²) in [5.41, 5.74) is 6.50. The fourth-order valence-electron chi connectivity index (χ4n) is 1.74. The Balaban J connectivity index is 2.25. The zero-order chi connectivity index (χ0) is 13.3. The Kier molecular flexibility index (Phi) is 3.00. The van der Waals surface area contributed by atoms with E-state index < -0.39 is 4.92 Å². The second-order valence-corrected chi connectivity index (χ2v) is 4.17. The smallest absolute Gasteiger partial charge is 0.404 e. The van der Waals surface area contributed by atoms with E-state index in [0.717, 1.165) is 5.69 Å². The van der Waals surface area contributed by atoms with Crippen LogP contribution in [0.25, 0.3) is 0 Å². The first-order chi connectivity index (χ1) is 8.49. The molecule has 2 aromatic heterocycles. The molecule has 0 aliphatic heterocycles. The molecule has 0 amide bonds. The van der Waals surface area contributed by atoms with Crippen LogP contribution in [0.1, 0.15) is 31.2 Å². The summed E-state index contributed by atoms with van der Waals surface area (Å²) in [6.07, 6.45) is 0. The molecule has 0 radical (unpaired) electrons. The highest BCUT2D eigenvalue weighted by molar-refractivity contribution is 5.35. The lowest BCUT2D eigenvalue weighted by Crippen LogP contribution is -2.08. The van der Waals surface area contributed by atoms with Gasteiger partial charge in [0.15, 0.2) is 5.82 Å². The standard InChI is InChI=1S/C10H13N5O3/c1-6(2)9-10(11)12-13-14(9)5-7-3-4-8(18-7)15(16)17/h3-4,6H,5,11H2,1-2H3. The predicted molar refractivity (Wildman–Crippen MR) is 63.0 cm³/mol. The Morgan fingerprint density at radius 1 is 1.56 bits per heavy atom. The maximum Gasteiger partial charge on any atom is 0.433 e. The summed E-state index contributed by atoms with van der Waals surface area (Å²) in [5, 5.41) is 18.2. The second-order valence-electron chi connectivity index (χ2n) is 4.17. The highest BCUT2D eigenvalue weighted by atomic mass is 16.6. The zero-order valence-corrected chi connectivity index (χ0v) is 10.0.